The summed E-state index contributed by atoms with van der Waals surface area (Å²) < 4.78 is 2.26. The highest BCUT2D eigenvalue weighted by molar-refractivity contribution is 5.15. The number of aromatic nitrogens is 2. The van der Waals surface area contributed by atoms with E-state index < -0.39 is 0 Å². The van der Waals surface area contributed by atoms with Crippen LogP contribution in [0.2, 0.25) is 0 Å². The molecule has 2 aromatic rings. The predicted molar refractivity (Wildman–Crippen MR) is 101 cm³/mol. The Bertz CT molecular complexity index is 648. The van der Waals surface area contributed by atoms with Crippen LogP contribution in [0, 0.1) is 5.41 Å². The van der Waals surface area contributed by atoms with Gasteiger partial charge in [-0.1, -0.05) is 30.3 Å². The summed E-state index contributed by atoms with van der Waals surface area (Å²) in [5.41, 5.74) is 1.97. The van der Waals surface area contributed by atoms with E-state index in [-0.39, 0.29) is 0 Å². The van der Waals surface area contributed by atoms with Gasteiger partial charge in [-0.25, -0.2) is 4.98 Å². The second-order valence-electron chi connectivity index (χ2n) is 7.86. The van der Waals surface area contributed by atoms with Crippen LogP contribution in [0.4, 0.5) is 0 Å². The van der Waals surface area contributed by atoms with E-state index in [4.69, 9.17) is 0 Å². The Morgan fingerprint density at radius 1 is 1.08 bits per heavy atom. The lowest BCUT2D eigenvalue weighted by atomic mass is 9.67. The average molecular weight is 338 g/mol. The van der Waals surface area contributed by atoms with E-state index in [1.807, 2.05) is 6.20 Å². The molecule has 4 nitrogen and oxygen atoms in total. The zero-order valence-electron chi connectivity index (χ0n) is 15.1. The maximum absolute atomic E-state index is 4.57. The van der Waals surface area contributed by atoms with Crippen LogP contribution in [0.1, 0.15) is 49.9 Å². The lowest BCUT2D eigenvalue weighted by molar-refractivity contribution is 0.115. The van der Waals surface area contributed by atoms with Gasteiger partial charge in [0.15, 0.2) is 0 Å². The smallest absolute Gasteiger partial charge is 0.122 e. The minimum absolute atomic E-state index is 0.648. The number of benzene rings is 1. The molecule has 1 aliphatic carbocycles. The molecule has 0 unspecified atom stereocenters. The fourth-order valence-electron chi connectivity index (χ4n) is 4.56. The van der Waals surface area contributed by atoms with E-state index in [1.165, 1.54) is 57.2 Å². The SMILES string of the molecule is c1ccc(Cn2ccnc2CNC2CCC3(CCNCC3)CC2)cc1. The van der Waals surface area contributed by atoms with Crippen LogP contribution in [-0.2, 0) is 13.1 Å². The van der Waals surface area contributed by atoms with Gasteiger partial charge < -0.3 is 15.2 Å². The Kier molecular flexibility index (Phi) is 5.18. The van der Waals surface area contributed by atoms with Crippen molar-refractivity contribution in [3.05, 3.63) is 54.1 Å². The van der Waals surface area contributed by atoms with E-state index in [9.17, 15) is 0 Å². The van der Waals surface area contributed by atoms with Crippen molar-refractivity contribution in [2.75, 3.05) is 13.1 Å². The third-order valence-corrected chi connectivity index (χ3v) is 6.26. The van der Waals surface area contributed by atoms with Crippen LogP contribution in [0.25, 0.3) is 0 Å². The van der Waals surface area contributed by atoms with E-state index >= 15 is 0 Å². The molecule has 1 saturated heterocycles. The lowest BCUT2D eigenvalue weighted by Crippen LogP contribution is -2.43. The normalized spacial score (nSPS) is 20.8. The maximum Gasteiger partial charge on any atom is 0.122 e. The number of hydrogen-bond acceptors (Lipinski definition) is 3. The standard InChI is InChI=1S/C21H30N4/c1-2-4-18(5-3-1)17-25-15-14-23-20(25)16-24-19-6-8-21(9-7-19)10-12-22-13-11-21/h1-5,14-15,19,22,24H,6-13,16-17H2. The van der Waals surface area contributed by atoms with Crippen molar-refractivity contribution < 1.29 is 0 Å². The summed E-state index contributed by atoms with van der Waals surface area (Å²) in [6, 6.07) is 11.3. The van der Waals surface area contributed by atoms with Crippen molar-refractivity contribution >= 4 is 0 Å². The predicted octanol–water partition coefficient (Wildman–Crippen LogP) is 3.33. The van der Waals surface area contributed by atoms with Gasteiger partial charge in [-0.15, -0.1) is 0 Å². The molecular weight excluding hydrogens is 308 g/mol. The molecule has 4 rings (SSSR count). The molecule has 0 radical (unpaired) electrons. The van der Waals surface area contributed by atoms with Crippen LogP contribution in [0.15, 0.2) is 42.7 Å². The topological polar surface area (TPSA) is 41.9 Å². The van der Waals surface area contributed by atoms with Gasteiger partial charge >= 0.3 is 0 Å². The van der Waals surface area contributed by atoms with Crippen molar-refractivity contribution in [3.8, 4) is 0 Å². The summed E-state index contributed by atoms with van der Waals surface area (Å²) in [4.78, 5) is 4.57. The third kappa shape index (κ3) is 4.13. The highest BCUT2D eigenvalue weighted by atomic mass is 15.1. The number of nitrogens with zero attached hydrogens (tertiary/aromatic N) is 2. The first-order valence-corrected chi connectivity index (χ1v) is 9.81. The number of hydrogen-bond donors (Lipinski definition) is 2. The van der Waals surface area contributed by atoms with Gasteiger partial charge in [0.1, 0.15) is 5.82 Å². The summed E-state index contributed by atoms with van der Waals surface area (Å²) in [6.07, 6.45) is 12.2. The summed E-state index contributed by atoms with van der Waals surface area (Å²) in [6.45, 7) is 4.21. The summed E-state index contributed by atoms with van der Waals surface area (Å²) >= 11 is 0. The van der Waals surface area contributed by atoms with Gasteiger partial charge in [-0.05, 0) is 62.6 Å². The molecule has 2 fully saturated rings. The van der Waals surface area contributed by atoms with Crippen LogP contribution >= 0.6 is 0 Å². The first-order valence-electron chi connectivity index (χ1n) is 9.81. The van der Waals surface area contributed by atoms with Crippen LogP contribution in [0.3, 0.4) is 0 Å². The molecular formula is C21H30N4. The molecule has 1 aliphatic heterocycles. The van der Waals surface area contributed by atoms with Crippen molar-refractivity contribution in [2.45, 2.75) is 57.7 Å². The number of nitrogens with one attached hydrogen (secondary N) is 2. The van der Waals surface area contributed by atoms with E-state index in [0.717, 1.165) is 18.9 Å². The zero-order valence-corrected chi connectivity index (χ0v) is 15.1. The molecule has 2 aliphatic rings. The van der Waals surface area contributed by atoms with Gasteiger partial charge in [-0.2, -0.15) is 0 Å². The van der Waals surface area contributed by atoms with E-state index in [2.05, 4.69) is 56.7 Å². The number of rotatable bonds is 5. The van der Waals surface area contributed by atoms with Gasteiger partial charge in [-0.3, -0.25) is 0 Å². The van der Waals surface area contributed by atoms with Gasteiger partial charge in [0.2, 0.25) is 0 Å². The minimum Gasteiger partial charge on any atom is -0.329 e. The number of imidazole rings is 1. The highest BCUT2D eigenvalue weighted by Gasteiger charge is 2.35. The molecule has 0 amide bonds. The molecule has 134 valence electrons. The molecule has 2 heterocycles. The summed E-state index contributed by atoms with van der Waals surface area (Å²) in [7, 11) is 0. The Balaban J connectivity index is 1.29. The largest absolute Gasteiger partial charge is 0.329 e. The maximum atomic E-state index is 4.57. The summed E-state index contributed by atoms with van der Waals surface area (Å²) in [5.74, 6) is 1.14. The molecule has 1 aromatic heterocycles. The van der Waals surface area contributed by atoms with Gasteiger partial charge in [0.25, 0.3) is 0 Å². The Hall–Kier alpha value is -1.65. The van der Waals surface area contributed by atoms with Crippen molar-refractivity contribution in [3.63, 3.8) is 0 Å². The quantitative estimate of drug-likeness (QED) is 0.879. The Morgan fingerprint density at radius 2 is 1.84 bits per heavy atom. The highest BCUT2D eigenvalue weighted by Crippen LogP contribution is 2.43. The monoisotopic (exact) mass is 338 g/mol. The molecule has 4 heteroatoms. The zero-order chi connectivity index (χ0) is 17.0. The average Bonchev–Trinajstić information content (AvgIpc) is 3.10. The van der Waals surface area contributed by atoms with Crippen LogP contribution < -0.4 is 10.6 Å². The van der Waals surface area contributed by atoms with Gasteiger partial charge in [0, 0.05) is 25.0 Å². The van der Waals surface area contributed by atoms with Crippen molar-refractivity contribution in [2.24, 2.45) is 5.41 Å². The molecule has 0 atom stereocenters. The molecule has 1 aromatic carbocycles. The molecule has 1 saturated carbocycles. The fraction of sp³-hybridized carbons (Fsp3) is 0.571. The molecule has 0 bridgehead atoms. The summed E-state index contributed by atoms with van der Waals surface area (Å²) in [5, 5.41) is 7.28. The van der Waals surface area contributed by atoms with Crippen LogP contribution in [0.5, 0.6) is 0 Å². The van der Waals surface area contributed by atoms with Crippen molar-refractivity contribution in [1.82, 2.24) is 20.2 Å². The first kappa shape index (κ1) is 16.8. The molecule has 2 N–H and O–H groups in total. The van der Waals surface area contributed by atoms with Gasteiger partial charge in [0.05, 0.1) is 6.54 Å². The Labute approximate surface area is 151 Å². The second kappa shape index (κ2) is 7.71. The molecule has 1 spiro atoms. The Morgan fingerprint density at radius 3 is 2.60 bits per heavy atom. The lowest BCUT2D eigenvalue weighted by Gasteiger charge is -2.43. The fourth-order valence-corrected chi connectivity index (χ4v) is 4.56. The van der Waals surface area contributed by atoms with E-state index in [0.29, 0.717) is 11.5 Å². The third-order valence-electron chi connectivity index (χ3n) is 6.26. The van der Waals surface area contributed by atoms with Crippen molar-refractivity contribution in [1.29, 1.82) is 0 Å². The number of piperidine rings is 1. The van der Waals surface area contributed by atoms with E-state index in [1.54, 1.807) is 0 Å². The second-order valence-corrected chi connectivity index (χ2v) is 7.86. The minimum atomic E-state index is 0.648. The molecule has 25 heavy (non-hydrogen) atoms. The van der Waals surface area contributed by atoms with Crippen LogP contribution in [-0.4, -0.2) is 28.7 Å². The first-order chi connectivity index (χ1) is 12.3.